The van der Waals surface area contributed by atoms with Crippen LogP contribution >= 0.6 is 55.3 Å². The number of halogens is 6. The van der Waals surface area contributed by atoms with Crippen molar-refractivity contribution in [1.29, 1.82) is 0 Å². The minimum absolute atomic E-state index is 0.0111. The highest BCUT2D eigenvalue weighted by Crippen LogP contribution is 2.39. The van der Waals surface area contributed by atoms with Crippen molar-refractivity contribution in [3.05, 3.63) is 32.2 Å². The molecule has 2 aliphatic heterocycles. The predicted octanol–water partition coefficient (Wildman–Crippen LogP) is 6.06. The van der Waals surface area contributed by atoms with Gasteiger partial charge in [-0.1, -0.05) is 0 Å². The summed E-state index contributed by atoms with van der Waals surface area (Å²) < 4.78 is 96.8. The molecule has 2 aliphatic rings. The summed E-state index contributed by atoms with van der Waals surface area (Å²) in [6, 6.07) is 0. The Morgan fingerprint density at radius 2 is 0.762 bits per heavy atom. The lowest BCUT2D eigenvalue weighted by molar-refractivity contribution is 0.00578. The Labute approximate surface area is 265 Å². The summed E-state index contributed by atoms with van der Waals surface area (Å²) in [7, 11) is -2.21. The molecule has 0 bridgehead atoms. The lowest BCUT2D eigenvalue weighted by Crippen LogP contribution is -2.44. The van der Waals surface area contributed by atoms with Gasteiger partial charge in [-0.15, -0.1) is 0 Å². The molecule has 0 aliphatic carbocycles. The average Bonchev–Trinajstić information content (AvgIpc) is 3.63. The van der Waals surface area contributed by atoms with Crippen molar-refractivity contribution >= 4 is 103 Å². The second kappa shape index (κ2) is 10.7. The Morgan fingerprint density at radius 3 is 1.05 bits per heavy atom. The van der Waals surface area contributed by atoms with E-state index in [0.717, 1.165) is 23.5 Å². The molecule has 0 atom stereocenters. The lowest BCUT2D eigenvalue weighted by Gasteiger charge is -2.32. The van der Waals surface area contributed by atoms with Crippen LogP contribution in [0.15, 0.2) is 8.95 Å². The van der Waals surface area contributed by atoms with Crippen LogP contribution in [0.4, 0.5) is 17.6 Å². The van der Waals surface area contributed by atoms with Crippen LogP contribution in [-0.2, 0) is 18.6 Å². The van der Waals surface area contributed by atoms with Crippen molar-refractivity contribution in [1.82, 2.24) is 17.5 Å². The van der Waals surface area contributed by atoms with Gasteiger partial charge in [-0.25, -0.2) is 17.6 Å². The van der Waals surface area contributed by atoms with Crippen LogP contribution in [0.3, 0.4) is 0 Å². The van der Waals surface area contributed by atoms with Gasteiger partial charge >= 0.3 is 14.2 Å². The van der Waals surface area contributed by atoms with Crippen molar-refractivity contribution in [2.24, 2.45) is 0 Å². The van der Waals surface area contributed by atoms with Crippen LogP contribution in [0, 0.1) is 23.3 Å². The molecule has 4 aromatic rings. The van der Waals surface area contributed by atoms with Crippen LogP contribution in [-0.4, -0.2) is 54.1 Å². The van der Waals surface area contributed by atoms with Gasteiger partial charge in [0.25, 0.3) is 0 Å². The highest BCUT2D eigenvalue weighted by Gasteiger charge is 2.56. The summed E-state index contributed by atoms with van der Waals surface area (Å²) >= 11 is 7.59. The van der Waals surface area contributed by atoms with Crippen molar-refractivity contribution in [3.63, 3.8) is 0 Å². The first-order valence-corrected chi connectivity index (χ1v) is 15.6. The highest BCUT2D eigenvalue weighted by atomic mass is 79.9. The van der Waals surface area contributed by atoms with Crippen LogP contribution in [0.2, 0.25) is 0 Å². The van der Waals surface area contributed by atoms with E-state index in [1.165, 1.54) is 0 Å². The summed E-state index contributed by atoms with van der Waals surface area (Å²) in [6.45, 7) is 14.7. The molecule has 2 aromatic heterocycles. The van der Waals surface area contributed by atoms with E-state index in [4.69, 9.17) is 18.6 Å². The fourth-order valence-electron chi connectivity index (χ4n) is 4.22. The molecule has 2 saturated heterocycles. The number of rotatable bonds is 2. The first kappa shape index (κ1) is 32.1. The molecule has 2 aromatic carbocycles. The topological polar surface area (TPSA) is 88.5 Å². The van der Waals surface area contributed by atoms with E-state index in [1.807, 2.05) is 55.4 Å². The number of hydrogen-bond donors (Lipinski definition) is 0. The molecule has 224 valence electrons. The van der Waals surface area contributed by atoms with Crippen LogP contribution in [0.1, 0.15) is 55.4 Å². The summed E-state index contributed by atoms with van der Waals surface area (Å²) in [4.78, 5) is 0. The van der Waals surface area contributed by atoms with Crippen LogP contribution < -0.4 is 10.9 Å². The van der Waals surface area contributed by atoms with E-state index in [9.17, 15) is 8.78 Å². The quantitative estimate of drug-likeness (QED) is 0.106. The predicted molar refractivity (Wildman–Crippen MR) is 161 cm³/mol. The molecule has 0 N–H and O–H groups in total. The molecule has 2 fully saturated rings. The van der Waals surface area contributed by atoms with E-state index in [-0.39, 0.29) is 30.9 Å². The van der Waals surface area contributed by atoms with E-state index in [1.54, 1.807) is 0 Å². The minimum atomic E-state index is -1.10. The molecule has 6 rings (SSSR count). The highest BCUT2D eigenvalue weighted by molar-refractivity contribution is 9.11. The van der Waals surface area contributed by atoms with Gasteiger partial charge < -0.3 is 18.6 Å². The van der Waals surface area contributed by atoms with Gasteiger partial charge in [-0.05, 0) is 87.2 Å². The van der Waals surface area contributed by atoms with Gasteiger partial charge in [0.1, 0.15) is 22.1 Å². The van der Waals surface area contributed by atoms with Crippen LogP contribution in [0.25, 0.3) is 22.1 Å². The second-order valence-corrected chi connectivity index (χ2v) is 14.5. The maximum Gasteiger partial charge on any atom is 0.500 e. The maximum atomic E-state index is 15.4. The second-order valence-electron chi connectivity index (χ2n) is 11.8. The Balaban J connectivity index is 0.000000226. The third-order valence-electron chi connectivity index (χ3n) is 8.12. The molecule has 0 saturated carbocycles. The average molecular weight is 754 g/mol. The van der Waals surface area contributed by atoms with Crippen molar-refractivity contribution in [2.75, 3.05) is 0 Å². The number of aromatic nitrogens is 4. The Hall–Kier alpha value is -1.27. The molecule has 4 heterocycles. The molecule has 8 nitrogen and oxygen atoms in total. The summed E-state index contributed by atoms with van der Waals surface area (Å²) in [5.41, 5.74) is -1.97. The largest absolute Gasteiger partial charge is 0.500 e. The fraction of sp³-hybridized carbons (Fsp3) is 0.500. The summed E-state index contributed by atoms with van der Waals surface area (Å²) in [5, 5.41) is 0. The zero-order valence-corrected chi connectivity index (χ0v) is 28.5. The molecular weight excluding hydrogens is 730 g/mol. The molecule has 0 spiro atoms. The van der Waals surface area contributed by atoms with Crippen molar-refractivity contribution in [2.45, 2.75) is 77.8 Å². The monoisotopic (exact) mass is 752 g/mol. The first-order valence-electron chi connectivity index (χ1n) is 12.6. The number of fused-ring (bicyclic) bond motifs is 2. The van der Waals surface area contributed by atoms with Gasteiger partial charge in [0.05, 0.1) is 65.7 Å². The maximum absolute atomic E-state index is 15.4. The Bertz CT molecular complexity index is 1570. The van der Waals surface area contributed by atoms with Gasteiger partial charge in [-0.3, -0.25) is 0 Å². The standard InChI is InChI=1S/C18H24B2F2N2O4S.C6Br2F2N2S/c1-15(2)16(3,4)26-19(25-15)9-11(21)12(22)10(14-13(9)23-29-24-14)20-27-17(5,6)18(7,8)28-20;7-1-3(9)4(10)2(8)6-5(1)11-13-12-6/h1-8H3;. The zero-order chi connectivity index (χ0) is 31.2. The smallest absolute Gasteiger partial charge is 0.399 e. The van der Waals surface area contributed by atoms with Crippen molar-refractivity contribution < 1.29 is 36.2 Å². The molecule has 42 heavy (non-hydrogen) atoms. The summed E-state index contributed by atoms with van der Waals surface area (Å²) in [5.74, 6) is -4.08. The molecule has 18 heteroatoms. The number of benzene rings is 2. The molecule has 0 radical (unpaired) electrons. The Kier molecular flexibility index (Phi) is 8.16. The molecule has 0 amide bonds. The van der Waals surface area contributed by atoms with E-state index >= 15 is 8.78 Å². The van der Waals surface area contributed by atoms with E-state index < -0.39 is 59.9 Å². The van der Waals surface area contributed by atoms with Gasteiger partial charge in [0.2, 0.25) is 0 Å². The molecule has 0 unspecified atom stereocenters. The molecular formula is C24H24B2Br2F4N4O4S2. The van der Waals surface area contributed by atoms with Gasteiger partial charge in [0.15, 0.2) is 23.3 Å². The Morgan fingerprint density at radius 1 is 0.500 bits per heavy atom. The van der Waals surface area contributed by atoms with E-state index in [2.05, 4.69) is 49.4 Å². The third-order valence-corrected chi connectivity index (χ3v) is 10.6. The summed E-state index contributed by atoms with van der Waals surface area (Å²) in [6.07, 6.45) is 0. The number of hydrogen-bond acceptors (Lipinski definition) is 10. The van der Waals surface area contributed by atoms with E-state index in [0.29, 0.717) is 11.0 Å². The lowest BCUT2D eigenvalue weighted by atomic mass is 9.71. The normalized spacial score (nSPS) is 20.4. The third kappa shape index (κ3) is 5.03. The fourth-order valence-corrected chi connectivity index (χ4v) is 6.48. The van der Waals surface area contributed by atoms with Gasteiger partial charge in [0, 0.05) is 0 Å². The zero-order valence-electron chi connectivity index (χ0n) is 23.7. The first-order chi connectivity index (χ1) is 19.3. The SMILES string of the molecule is CC1(C)OB(c2c(F)c(F)c(B3OC(C)(C)C(C)(C)O3)c3nsnc23)OC1(C)C.Fc1c(F)c(Br)c2nsnc2c1Br. The van der Waals surface area contributed by atoms with Crippen molar-refractivity contribution in [3.8, 4) is 0 Å². The van der Waals surface area contributed by atoms with Gasteiger partial charge in [-0.2, -0.15) is 17.5 Å². The number of nitrogens with zero attached hydrogens (tertiary/aromatic N) is 4. The minimum Gasteiger partial charge on any atom is -0.399 e. The van der Waals surface area contributed by atoms with Crippen LogP contribution in [0.5, 0.6) is 0 Å².